The predicted molar refractivity (Wildman–Crippen MR) is 127 cm³/mol. The number of alkyl halides is 7. The highest BCUT2D eigenvalue weighted by atomic mass is 35.5. The zero-order valence-electron chi connectivity index (χ0n) is 19.6. The minimum absolute atomic E-state index is 0.0240. The third kappa shape index (κ3) is 8.47. The first-order chi connectivity index (χ1) is 17.9. The number of benzene rings is 3. The second-order valence-corrected chi connectivity index (χ2v) is 8.45. The summed E-state index contributed by atoms with van der Waals surface area (Å²) in [6.07, 6.45) is -10.8. The molecule has 1 amide bonds. The molecule has 0 aliphatic rings. The van der Waals surface area contributed by atoms with Crippen LogP contribution in [0.15, 0.2) is 78.9 Å². The SMILES string of the molecule is O=C(NCC(Cc1ccccc1)(c1cccc(OC(F)(F)F)c1)c1cccc(OC(F)(F)F)c1)OCCCl. The fourth-order valence-corrected chi connectivity index (χ4v) is 4.05. The van der Waals surface area contributed by atoms with E-state index >= 15 is 0 Å². The molecule has 0 atom stereocenters. The maximum absolute atomic E-state index is 13.0. The van der Waals surface area contributed by atoms with Crippen LogP contribution in [0.2, 0.25) is 0 Å². The molecule has 0 bridgehead atoms. The third-order valence-corrected chi connectivity index (χ3v) is 5.59. The topological polar surface area (TPSA) is 56.8 Å². The van der Waals surface area contributed by atoms with E-state index in [0.717, 1.165) is 24.3 Å². The Morgan fingerprint density at radius 3 is 1.76 bits per heavy atom. The molecule has 0 fully saturated rings. The Morgan fingerprint density at radius 1 is 0.763 bits per heavy atom. The van der Waals surface area contributed by atoms with E-state index in [1.807, 2.05) is 0 Å². The van der Waals surface area contributed by atoms with Crippen LogP contribution in [0.3, 0.4) is 0 Å². The molecular weight excluding hydrogens is 540 g/mol. The molecule has 12 heteroatoms. The van der Waals surface area contributed by atoms with Gasteiger partial charge in [-0.25, -0.2) is 4.79 Å². The van der Waals surface area contributed by atoms with E-state index in [1.54, 1.807) is 30.3 Å². The van der Waals surface area contributed by atoms with E-state index < -0.39 is 35.7 Å². The Balaban J connectivity index is 2.19. The number of ether oxygens (including phenoxy) is 3. The Morgan fingerprint density at radius 2 is 1.29 bits per heavy atom. The quantitative estimate of drug-likeness (QED) is 0.214. The highest BCUT2D eigenvalue weighted by Crippen LogP contribution is 2.39. The van der Waals surface area contributed by atoms with Crippen LogP contribution >= 0.6 is 11.6 Å². The molecule has 3 aromatic rings. The first kappa shape index (κ1) is 29.0. The lowest BCUT2D eigenvalue weighted by Gasteiger charge is -2.36. The van der Waals surface area contributed by atoms with Crippen LogP contribution in [-0.4, -0.2) is 37.8 Å². The van der Waals surface area contributed by atoms with Gasteiger partial charge < -0.3 is 19.5 Å². The zero-order valence-corrected chi connectivity index (χ0v) is 20.4. The summed E-state index contributed by atoms with van der Waals surface area (Å²) in [6, 6.07) is 18.8. The summed E-state index contributed by atoms with van der Waals surface area (Å²) >= 11 is 5.56. The first-order valence-corrected chi connectivity index (χ1v) is 11.7. The number of alkyl carbamates (subject to hydrolysis) is 1. The summed E-state index contributed by atoms with van der Waals surface area (Å²) in [4.78, 5) is 12.3. The van der Waals surface area contributed by atoms with Crippen LogP contribution in [0.25, 0.3) is 0 Å². The van der Waals surface area contributed by atoms with Gasteiger partial charge in [-0.05, 0) is 47.4 Å². The average Bonchev–Trinajstić information content (AvgIpc) is 2.84. The summed E-state index contributed by atoms with van der Waals surface area (Å²) in [7, 11) is 0. The smallest absolute Gasteiger partial charge is 0.448 e. The summed E-state index contributed by atoms with van der Waals surface area (Å²) in [6.45, 7) is -0.378. The van der Waals surface area contributed by atoms with Gasteiger partial charge in [0, 0.05) is 12.0 Å². The van der Waals surface area contributed by atoms with E-state index in [-0.39, 0.29) is 36.6 Å². The van der Waals surface area contributed by atoms with Crippen molar-refractivity contribution in [2.45, 2.75) is 24.6 Å². The molecule has 0 aliphatic heterocycles. The number of halogens is 7. The van der Waals surface area contributed by atoms with Crippen molar-refractivity contribution in [1.82, 2.24) is 5.32 Å². The van der Waals surface area contributed by atoms with Crippen molar-refractivity contribution < 1.29 is 45.3 Å². The third-order valence-electron chi connectivity index (χ3n) is 5.43. The molecule has 1 N–H and O–H groups in total. The van der Waals surface area contributed by atoms with Gasteiger partial charge in [-0.2, -0.15) is 0 Å². The monoisotopic (exact) mass is 561 g/mol. The molecular formula is C26H22ClF6NO4. The zero-order chi connectivity index (χ0) is 27.8. The van der Waals surface area contributed by atoms with E-state index in [1.165, 1.54) is 24.3 Å². The standard InChI is InChI=1S/C26H22ClF6NO4/c27-12-13-36-23(35)34-17-24(16-18-6-2-1-3-7-18,19-8-4-10-21(14-19)37-25(28,29)30)20-9-5-11-22(15-20)38-26(31,32)33/h1-11,14-15H,12-13,16-17H2,(H,34,35). The summed E-state index contributed by atoms with van der Waals surface area (Å²) < 4.78 is 91.1. The Bertz CT molecular complexity index is 1140. The van der Waals surface area contributed by atoms with E-state index in [2.05, 4.69) is 14.8 Å². The molecule has 38 heavy (non-hydrogen) atoms. The van der Waals surface area contributed by atoms with Crippen LogP contribution < -0.4 is 14.8 Å². The maximum atomic E-state index is 13.0. The molecule has 0 heterocycles. The summed E-state index contributed by atoms with van der Waals surface area (Å²) in [5.74, 6) is -1.06. The molecule has 0 unspecified atom stereocenters. The Hall–Kier alpha value is -3.60. The van der Waals surface area contributed by atoms with E-state index in [9.17, 15) is 31.1 Å². The van der Waals surface area contributed by atoms with Crippen LogP contribution in [0.4, 0.5) is 31.1 Å². The first-order valence-electron chi connectivity index (χ1n) is 11.1. The molecule has 0 saturated heterocycles. The normalized spacial score (nSPS) is 12.1. The Labute approximate surface area is 219 Å². The number of nitrogens with one attached hydrogen (secondary N) is 1. The van der Waals surface area contributed by atoms with Crippen LogP contribution in [0.1, 0.15) is 16.7 Å². The second-order valence-electron chi connectivity index (χ2n) is 8.07. The van der Waals surface area contributed by atoms with Gasteiger partial charge in [0.1, 0.15) is 18.1 Å². The van der Waals surface area contributed by atoms with Gasteiger partial charge in [-0.3, -0.25) is 0 Å². The van der Waals surface area contributed by atoms with Gasteiger partial charge in [0.25, 0.3) is 0 Å². The van der Waals surface area contributed by atoms with Crippen molar-refractivity contribution in [3.63, 3.8) is 0 Å². The van der Waals surface area contributed by atoms with Crippen LogP contribution in [-0.2, 0) is 16.6 Å². The Kier molecular flexibility index (Phi) is 9.37. The summed E-state index contributed by atoms with van der Waals surface area (Å²) in [5, 5.41) is 2.57. The van der Waals surface area contributed by atoms with Crippen molar-refractivity contribution in [2.24, 2.45) is 0 Å². The fourth-order valence-electron chi connectivity index (χ4n) is 3.97. The molecule has 0 aromatic heterocycles. The molecule has 3 aromatic carbocycles. The van der Waals surface area contributed by atoms with E-state index in [0.29, 0.717) is 5.56 Å². The number of rotatable bonds is 10. The molecule has 0 spiro atoms. The largest absolute Gasteiger partial charge is 0.573 e. The van der Waals surface area contributed by atoms with Gasteiger partial charge in [-0.1, -0.05) is 54.6 Å². The van der Waals surface area contributed by atoms with Crippen molar-refractivity contribution in [3.05, 3.63) is 95.6 Å². The summed E-state index contributed by atoms with van der Waals surface area (Å²) in [5.41, 5.74) is -0.250. The van der Waals surface area contributed by atoms with Crippen LogP contribution in [0.5, 0.6) is 11.5 Å². The van der Waals surface area contributed by atoms with Crippen molar-refractivity contribution in [2.75, 3.05) is 19.0 Å². The maximum Gasteiger partial charge on any atom is 0.573 e. The van der Waals surface area contributed by atoms with Crippen molar-refractivity contribution >= 4 is 17.7 Å². The lowest BCUT2D eigenvalue weighted by Crippen LogP contribution is -2.44. The van der Waals surface area contributed by atoms with E-state index in [4.69, 9.17) is 16.3 Å². The lowest BCUT2D eigenvalue weighted by atomic mass is 9.70. The van der Waals surface area contributed by atoms with Gasteiger partial charge in [0.2, 0.25) is 0 Å². The van der Waals surface area contributed by atoms with Gasteiger partial charge in [0.05, 0.1) is 5.88 Å². The predicted octanol–water partition coefficient (Wildman–Crippen LogP) is 6.98. The van der Waals surface area contributed by atoms with Crippen LogP contribution in [0, 0.1) is 0 Å². The average molecular weight is 562 g/mol. The highest BCUT2D eigenvalue weighted by Gasteiger charge is 2.38. The number of amides is 1. The van der Waals surface area contributed by atoms with Gasteiger partial charge in [-0.15, -0.1) is 37.9 Å². The van der Waals surface area contributed by atoms with Gasteiger partial charge in [0.15, 0.2) is 0 Å². The lowest BCUT2D eigenvalue weighted by molar-refractivity contribution is -0.275. The molecule has 3 rings (SSSR count). The molecule has 204 valence electrons. The molecule has 0 aliphatic carbocycles. The molecule has 0 saturated carbocycles. The minimum atomic E-state index is -4.98. The number of carbonyl (C=O) groups is 1. The fraction of sp³-hybridized carbons (Fsp3) is 0.269. The highest BCUT2D eigenvalue weighted by molar-refractivity contribution is 6.18. The number of hydrogen-bond donors (Lipinski definition) is 1. The minimum Gasteiger partial charge on any atom is -0.448 e. The number of carbonyl (C=O) groups excluding carboxylic acids is 1. The van der Waals surface area contributed by atoms with Gasteiger partial charge >= 0.3 is 18.8 Å². The van der Waals surface area contributed by atoms with Crippen molar-refractivity contribution in [1.29, 1.82) is 0 Å². The molecule has 5 nitrogen and oxygen atoms in total. The molecule has 0 radical (unpaired) electrons. The number of hydrogen-bond acceptors (Lipinski definition) is 4. The van der Waals surface area contributed by atoms with Crippen molar-refractivity contribution in [3.8, 4) is 11.5 Å². The second kappa shape index (κ2) is 12.3.